The smallest absolute Gasteiger partial charge is 0.303 e. The molecule has 0 saturated carbocycles. The van der Waals surface area contributed by atoms with Gasteiger partial charge < -0.3 is 4.90 Å². The molecule has 0 bridgehead atoms. The molecule has 0 radical (unpaired) electrons. The first-order valence-corrected chi connectivity index (χ1v) is 14.3. The van der Waals surface area contributed by atoms with Gasteiger partial charge >= 0.3 is 6.18 Å². The average molecular weight is 547 g/mol. The molecular weight excluding hydrogens is 517 g/mol. The predicted molar refractivity (Wildman–Crippen MR) is 137 cm³/mol. The van der Waals surface area contributed by atoms with Crippen molar-refractivity contribution in [3.8, 4) is 11.3 Å². The van der Waals surface area contributed by atoms with Gasteiger partial charge in [0.2, 0.25) is 0 Å². The Morgan fingerprint density at radius 3 is 2.45 bits per heavy atom. The van der Waals surface area contributed by atoms with Crippen LogP contribution in [-0.4, -0.2) is 68.7 Å². The van der Waals surface area contributed by atoms with Crippen LogP contribution in [0.1, 0.15) is 42.6 Å². The summed E-state index contributed by atoms with van der Waals surface area (Å²) in [5.74, 6) is -0.476. The van der Waals surface area contributed by atoms with Crippen LogP contribution in [0.3, 0.4) is 0 Å². The fraction of sp³-hybridized carbons (Fsp3) is 0.423. The van der Waals surface area contributed by atoms with E-state index in [1.165, 1.54) is 43.9 Å². The molecule has 1 aromatic carbocycles. The van der Waals surface area contributed by atoms with Gasteiger partial charge in [0.05, 0.1) is 30.3 Å². The predicted octanol–water partition coefficient (Wildman–Crippen LogP) is 4.34. The maximum Gasteiger partial charge on any atom is 0.390 e. The van der Waals surface area contributed by atoms with Crippen LogP contribution in [0, 0.1) is 0 Å². The third-order valence-corrected chi connectivity index (χ3v) is 8.20. The first-order valence-electron chi connectivity index (χ1n) is 12.7. The summed E-state index contributed by atoms with van der Waals surface area (Å²) in [5, 5.41) is 8.40. The number of hydrogen-bond donors (Lipinski definition) is 0. The molecule has 4 heterocycles. The van der Waals surface area contributed by atoms with E-state index in [9.17, 15) is 21.6 Å². The summed E-state index contributed by atoms with van der Waals surface area (Å²) >= 11 is 0. The molecule has 0 amide bonds. The van der Waals surface area contributed by atoms with Gasteiger partial charge in [-0.25, -0.2) is 17.9 Å². The summed E-state index contributed by atoms with van der Waals surface area (Å²) in [7, 11) is -4.25. The number of benzene rings is 1. The molecule has 0 aliphatic carbocycles. The normalized spacial score (nSPS) is 15.0. The summed E-state index contributed by atoms with van der Waals surface area (Å²) in [6.45, 7) is 3.58. The van der Waals surface area contributed by atoms with E-state index in [2.05, 4.69) is 44.3 Å². The van der Waals surface area contributed by atoms with E-state index in [0.29, 0.717) is 33.2 Å². The molecule has 5 rings (SSSR count). The molecule has 0 atom stereocenters. The van der Waals surface area contributed by atoms with E-state index in [4.69, 9.17) is 0 Å². The van der Waals surface area contributed by atoms with Crippen molar-refractivity contribution in [1.29, 1.82) is 0 Å². The van der Waals surface area contributed by atoms with Crippen LogP contribution in [0.15, 0.2) is 54.9 Å². The minimum Gasteiger partial charge on any atom is -0.303 e. The van der Waals surface area contributed by atoms with Gasteiger partial charge in [-0.05, 0) is 68.6 Å². The van der Waals surface area contributed by atoms with Gasteiger partial charge in [-0.2, -0.15) is 27.5 Å². The van der Waals surface area contributed by atoms with Gasteiger partial charge in [0.15, 0.2) is 11.5 Å². The van der Waals surface area contributed by atoms with Crippen LogP contribution in [0.2, 0.25) is 0 Å². The molecule has 8 nitrogen and oxygen atoms in total. The second-order valence-corrected chi connectivity index (χ2v) is 11.6. The second kappa shape index (κ2) is 10.9. The first kappa shape index (κ1) is 26.4. The highest BCUT2D eigenvalue weighted by atomic mass is 32.2. The number of likely N-dealkylation sites (tertiary alicyclic amines) is 1. The lowest BCUT2D eigenvalue weighted by molar-refractivity contribution is -0.130. The number of halogens is 3. The van der Waals surface area contributed by atoms with Crippen molar-refractivity contribution in [2.75, 3.05) is 25.4 Å². The Morgan fingerprint density at radius 1 is 0.974 bits per heavy atom. The van der Waals surface area contributed by atoms with E-state index in [1.807, 2.05) is 0 Å². The Morgan fingerprint density at radius 2 is 1.71 bits per heavy atom. The highest BCUT2D eigenvalue weighted by Crippen LogP contribution is 2.23. The summed E-state index contributed by atoms with van der Waals surface area (Å²) in [5.41, 5.74) is 3.89. The monoisotopic (exact) mass is 546 g/mol. The van der Waals surface area contributed by atoms with Crippen LogP contribution in [-0.2, 0) is 22.9 Å². The molecule has 202 valence electrons. The zero-order chi connectivity index (χ0) is 26.8. The Hall–Kier alpha value is -3.25. The minimum atomic E-state index is -4.57. The third-order valence-electron chi connectivity index (χ3n) is 6.71. The Balaban J connectivity index is 1.27. The van der Waals surface area contributed by atoms with Crippen LogP contribution in [0.4, 0.5) is 13.2 Å². The lowest BCUT2D eigenvalue weighted by Crippen LogP contribution is -2.22. The molecule has 1 saturated heterocycles. The molecule has 12 heteroatoms. The lowest BCUT2D eigenvalue weighted by Gasteiger charge is -2.13. The summed E-state index contributed by atoms with van der Waals surface area (Å²) < 4.78 is 64.3. The molecule has 3 aromatic heterocycles. The zero-order valence-electron chi connectivity index (χ0n) is 20.8. The van der Waals surface area contributed by atoms with Crippen LogP contribution >= 0.6 is 0 Å². The molecular formula is C26H29F3N6O2S. The van der Waals surface area contributed by atoms with Crippen molar-refractivity contribution in [2.45, 2.75) is 44.7 Å². The first-order chi connectivity index (χ1) is 18.2. The number of aryl methyl sites for hydroxylation is 1. The highest BCUT2D eigenvalue weighted by molar-refractivity contribution is 7.89. The van der Waals surface area contributed by atoms with Gasteiger partial charge in [-0.15, -0.1) is 0 Å². The van der Waals surface area contributed by atoms with E-state index in [-0.39, 0.29) is 0 Å². The number of rotatable bonds is 10. The summed E-state index contributed by atoms with van der Waals surface area (Å²) in [6, 6.07) is 13.7. The van der Waals surface area contributed by atoms with Crippen LogP contribution in [0.25, 0.3) is 16.9 Å². The summed E-state index contributed by atoms with van der Waals surface area (Å²) in [6.07, 6.45) is 1.83. The molecule has 1 aliphatic rings. The van der Waals surface area contributed by atoms with Crippen molar-refractivity contribution in [2.24, 2.45) is 0 Å². The Kier molecular flexibility index (Phi) is 7.53. The maximum absolute atomic E-state index is 12.5. The second-order valence-electron chi connectivity index (χ2n) is 9.64. The van der Waals surface area contributed by atoms with E-state index >= 15 is 0 Å². The van der Waals surface area contributed by atoms with E-state index < -0.39 is 28.4 Å². The van der Waals surface area contributed by atoms with Crippen LogP contribution < -0.4 is 0 Å². The molecule has 0 unspecified atom stereocenters. The largest absolute Gasteiger partial charge is 0.390 e. The molecule has 1 aliphatic heterocycles. The van der Waals surface area contributed by atoms with Crippen molar-refractivity contribution in [3.63, 3.8) is 0 Å². The van der Waals surface area contributed by atoms with Crippen molar-refractivity contribution in [3.05, 3.63) is 71.8 Å². The molecule has 38 heavy (non-hydrogen) atoms. The SMILES string of the molecule is O=S(=O)(CCC(F)(F)F)n1cc(-c2cccc3nc(Cc4ccc(CCCN5CCCC5)cc4)nn23)cn1. The molecule has 0 N–H and O–H groups in total. The molecule has 4 aromatic rings. The van der Waals surface area contributed by atoms with Gasteiger partial charge in [-0.1, -0.05) is 30.3 Å². The highest BCUT2D eigenvalue weighted by Gasteiger charge is 2.31. The summed E-state index contributed by atoms with van der Waals surface area (Å²) in [4.78, 5) is 7.12. The fourth-order valence-corrected chi connectivity index (χ4v) is 5.83. The fourth-order valence-electron chi connectivity index (χ4n) is 4.69. The number of aromatic nitrogens is 5. The average Bonchev–Trinajstić information content (AvgIpc) is 3.64. The number of hydrogen-bond acceptors (Lipinski definition) is 6. The zero-order valence-corrected chi connectivity index (χ0v) is 21.6. The minimum absolute atomic E-state index is 0.404. The standard InChI is InChI=1S/C26H29F3N6O2S/c27-26(28,29)12-16-38(36,37)34-19-22(18-30-34)23-6-3-7-25-31-24(32-35(23)25)17-21-10-8-20(9-11-21)5-4-15-33-13-1-2-14-33/h3,6-11,18-19H,1-2,4-5,12-17H2. The van der Waals surface area contributed by atoms with E-state index in [1.54, 1.807) is 22.7 Å². The maximum atomic E-state index is 12.5. The van der Waals surface area contributed by atoms with Gasteiger partial charge in [0.25, 0.3) is 10.0 Å². The van der Waals surface area contributed by atoms with Gasteiger partial charge in [-0.3, -0.25) is 0 Å². The molecule has 0 spiro atoms. The number of nitrogens with zero attached hydrogens (tertiary/aromatic N) is 6. The van der Waals surface area contributed by atoms with Crippen molar-refractivity contribution < 1.29 is 21.6 Å². The number of pyridine rings is 1. The van der Waals surface area contributed by atoms with E-state index in [0.717, 1.165) is 24.9 Å². The lowest BCUT2D eigenvalue weighted by atomic mass is 10.1. The van der Waals surface area contributed by atoms with Gasteiger partial charge in [0.1, 0.15) is 0 Å². The Bertz CT molecular complexity index is 1490. The van der Waals surface area contributed by atoms with Gasteiger partial charge in [0, 0.05) is 12.0 Å². The third kappa shape index (κ3) is 6.41. The number of fused-ring (bicyclic) bond motifs is 1. The topological polar surface area (TPSA) is 85.4 Å². The van der Waals surface area contributed by atoms with Crippen molar-refractivity contribution >= 4 is 15.7 Å². The van der Waals surface area contributed by atoms with Crippen molar-refractivity contribution in [1.82, 2.24) is 28.7 Å². The quantitative estimate of drug-likeness (QED) is 0.294. The Labute approximate surface area is 219 Å². The molecule has 1 fully saturated rings. The number of alkyl halides is 3. The van der Waals surface area contributed by atoms with Crippen LogP contribution in [0.5, 0.6) is 0 Å².